The van der Waals surface area contributed by atoms with E-state index in [0.717, 1.165) is 59.4 Å². The highest BCUT2D eigenvalue weighted by molar-refractivity contribution is 7.15. The van der Waals surface area contributed by atoms with E-state index in [1.165, 1.54) is 23.2 Å². The third-order valence-electron chi connectivity index (χ3n) is 5.87. The van der Waals surface area contributed by atoms with Crippen molar-refractivity contribution in [1.29, 1.82) is 0 Å². The molecule has 0 aliphatic heterocycles. The average Bonchev–Trinajstić information content (AvgIpc) is 3.35. The zero-order valence-electron chi connectivity index (χ0n) is 19.7. The van der Waals surface area contributed by atoms with Crippen LogP contribution in [0.1, 0.15) is 68.0 Å². The number of nitro groups is 1. The van der Waals surface area contributed by atoms with E-state index in [4.69, 9.17) is 4.74 Å². The Bertz CT molecular complexity index is 1320. The number of thiophene rings is 1. The van der Waals surface area contributed by atoms with Crippen molar-refractivity contribution in [3.63, 3.8) is 0 Å². The molecule has 1 aliphatic carbocycles. The highest BCUT2D eigenvalue weighted by atomic mass is 32.1. The maximum absolute atomic E-state index is 12.9. The summed E-state index contributed by atoms with van der Waals surface area (Å²) in [5.74, 6) is -0.882. The molecule has 11 heteroatoms. The minimum Gasteiger partial charge on any atom is -0.462 e. The molecule has 3 aromatic rings. The van der Waals surface area contributed by atoms with Gasteiger partial charge in [0.2, 0.25) is 0 Å². The number of esters is 1. The molecule has 0 fully saturated rings. The number of hydrazone groups is 1. The number of hydrogen-bond acceptors (Lipinski definition) is 8. The van der Waals surface area contributed by atoms with Crippen LogP contribution >= 0.6 is 11.3 Å². The van der Waals surface area contributed by atoms with Crippen LogP contribution in [0.2, 0.25) is 0 Å². The lowest BCUT2D eigenvalue weighted by Gasteiger charge is -2.13. The van der Waals surface area contributed by atoms with Crippen LogP contribution in [0, 0.1) is 24.0 Å². The van der Waals surface area contributed by atoms with Crippen LogP contribution in [-0.2, 0) is 17.6 Å². The van der Waals surface area contributed by atoms with Crippen LogP contribution in [0.15, 0.2) is 29.5 Å². The monoisotopic (exact) mass is 495 g/mol. The molecular weight excluding hydrogens is 470 g/mol. The average molecular weight is 496 g/mol. The molecule has 0 atom stereocenters. The van der Waals surface area contributed by atoms with Gasteiger partial charge >= 0.3 is 5.97 Å². The standard InChI is InChI=1S/C24H25N5O5S/c1-4-34-24(31)21-18-7-5-6-8-20(18)35-23(21)28-14(2)11-16(15(28)3)12-26-27-22(30)19-10-9-17(13-25-19)29(32)33/h9-13H,4-8H2,1-3H3,(H,27,30)/b26-12+. The number of carbonyl (C=O) groups is 2. The second kappa shape index (κ2) is 10.2. The van der Waals surface area contributed by atoms with E-state index >= 15 is 0 Å². The Morgan fingerprint density at radius 1 is 1.31 bits per heavy atom. The van der Waals surface area contributed by atoms with E-state index in [-0.39, 0.29) is 17.4 Å². The summed E-state index contributed by atoms with van der Waals surface area (Å²) in [6, 6.07) is 4.41. The number of rotatable bonds is 7. The SMILES string of the molecule is CCOC(=O)c1c(-n2c(C)cc(/C=N/NC(=O)c3ccc([N+](=O)[O-])cn3)c2C)sc2c1CCCC2. The van der Waals surface area contributed by atoms with Gasteiger partial charge in [0.25, 0.3) is 11.6 Å². The Kier molecular flexibility index (Phi) is 7.06. The van der Waals surface area contributed by atoms with Crippen molar-refractivity contribution in [2.45, 2.75) is 46.5 Å². The summed E-state index contributed by atoms with van der Waals surface area (Å²) in [5, 5.41) is 15.6. The van der Waals surface area contributed by atoms with Gasteiger partial charge in [-0.3, -0.25) is 14.9 Å². The van der Waals surface area contributed by atoms with Crippen molar-refractivity contribution >= 4 is 35.1 Å². The van der Waals surface area contributed by atoms with E-state index in [1.807, 2.05) is 24.5 Å². The third-order valence-corrected chi connectivity index (χ3v) is 7.14. The summed E-state index contributed by atoms with van der Waals surface area (Å²) in [7, 11) is 0. The van der Waals surface area contributed by atoms with Crippen LogP contribution in [0.3, 0.4) is 0 Å². The predicted octanol–water partition coefficient (Wildman–Crippen LogP) is 4.28. The Balaban J connectivity index is 1.60. The fourth-order valence-corrected chi connectivity index (χ4v) is 5.69. The highest BCUT2D eigenvalue weighted by Gasteiger charge is 2.28. The largest absolute Gasteiger partial charge is 0.462 e. The van der Waals surface area contributed by atoms with E-state index < -0.39 is 10.8 Å². The number of nitrogens with zero attached hydrogens (tertiary/aromatic N) is 4. The topological polar surface area (TPSA) is 129 Å². The molecule has 35 heavy (non-hydrogen) atoms. The first-order chi connectivity index (χ1) is 16.8. The van der Waals surface area contributed by atoms with Gasteiger partial charge in [0, 0.05) is 27.9 Å². The van der Waals surface area contributed by atoms with E-state index in [1.54, 1.807) is 18.3 Å². The Hall–Kier alpha value is -3.86. The molecule has 3 aromatic heterocycles. The first-order valence-corrected chi connectivity index (χ1v) is 12.1. The Morgan fingerprint density at radius 3 is 2.77 bits per heavy atom. The van der Waals surface area contributed by atoms with Crippen molar-refractivity contribution in [1.82, 2.24) is 15.0 Å². The van der Waals surface area contributed by atoms with Gasteiger partial charge < -0.3 is 9.30 Å². The quantitative estimate of drug-likeness (QED) is 0.225. The number of fused-ring (bicyclic) bond motifs is 1. The van der Waals surface area contributed by atoms with Gasteiger partial charge in [-0.1, -0.05) is 0 Å². The molecule has 0 aromatic carbocycles. The first-order valence-electron chi connectivity index (χ1n) is 11.3. The van der Waals surface area contributed by atoms with Crippen molar-refractivity contribution in [3.05, 3.63) is 73.2 Å². The first kappa shape index (κ1) is 24.3. The maximum Gasteiger partial charge on any atom is 0.341 e. The number of amides is 1. The van der Waals surface area contributed by atoms with Crippen LogP contribution in [0.5, 0.6) is 0 Å². The fraction of sp³-hybridized carbons (Fsp3) is 0.333. The second-order valence-corrected chi connectivity index (χ2v) is 9.21. The summed E-state index contributed by atoms with van der Waals surface area (Å²) in [5.41, 5.74) is 6.54. The molecular formula is C24H25N5O5S. The van der Waals surface area contributed by atoms with Crippen molar-refractivity contribution in [2.75, 3.05) is 6.61 Å². The van der Waals surface area contributed by atoms with E-state index in [9.17, 15) is 19.7 Å². The summed E-state index contributed by atoms with van der Waals surface area (Å²) in [6.45, 7) is 6.00. The second-order valence-electron chi connectivity index (χ2n) is 8.13. The van der Waals surface area contributed by atoms with Crippen molar-refractivity contribution < 1.29 is 19.2 Å². The fourth-order valence-electron chi connectivity index (χ4n) is 4.20. The van der Waals surface area contributed by atoms with E-state index in [0.29, 0.717) is 12.2 Å². The summed E-state index contributed by atoms with van der Waals surface area (Å²) < 4.78 is 7.43. The van der Waals surface area contributed by atoms with E-state index in [2.05, 4.69) is 15.5 Å². The molecule has 4 rings (SSSR count). The van der Waals surface area contributed by atoms with Gasteiger partial charge in [-0.2, -0.15) is 5.10 Å². The number of hydrogen-bond donors (Lipinski definition) is 1. The molecule has 3 heterocycles. The lowest BCUT2D eigenvalue weighted by atomic mass is 9.95. The van der Waals surface area contributed by atoms with Crippen LogP contribution < -0.4 is 5.43 Å². The molecule has 0 saturated carbocycles. The summed E-state index contributed by atoms with van der Waals surface area (Å²) >= 11 is 1.63. The van der Waals surface area contributed by atoms with Crippen LogP contribution in [0.4, 0.5) is 5.69 Å². The molecule has 1 N–H and O–H groups in total. The summed E-state index contributed by atoms with van der Waals surface area (Å²) in [6.07, 6.45) is 6.55. The smallest absolute Gasteiger partial charge is 0.341 e. The molecule has 0 unspecified atom stereocenters. The lowest BCUT2D eigenvalue weighted by Crippen LogP contribution is -2.19. The molecule has 0 bridgehead atoms. The third kappa shape index (κ3) is 4.85. The van der Waals surface area contributed by atoms with Crippen LogP contribution in [0.25, 0.3) is 5.00 Å². The number of aromatic nitrogens is 2. The number of ether oxygens (including phenoxy) is 1. The van der Waals surface area contributed by atoms with Gasteiger partial charge in [0.1, 0.15) is 16.9 Å². The molecule has 1 amide bonds. The number of carbonyl (C=O) groups excluding carboxylic acids is 2. The highest BCUT2D eigenvalue weighted by Crippen LogP contribution is 2.39. The van der Waals surface area contributed by atoms with Gasteiger partial charge in [0.05, 0.1) is 23.3 Å². The van der Waals surface area contributed by atoms with Gasteiger partial charge in [0.15, 0.2) is 0 Å². The number of aryl methyl sites for hydroxylation is 2. The minimum atomic E-state index is -0.583. The Labute approximate surface area is 205 Å². The minimum absolute atomic E-state index is 0.0152. The van der Waals surface area contributed by atoms with Crippen LogP contribution in [-0.4, -0.2) is 39.2 Å². The Morgan fingerprint density at radius 2 is 2.09 bits per heavy atom. The zero-order chi connectivity index (χ0) is 25.1. The van der Waals surface area contributed by atoms with Gasteiger partial charge in [-0.05, 0) is 64.2 Å². The molecule has 10 nitrogen and oxygen atoms in total. The normalized spacial score (nSPS) is 13.0. The van der Waals surface area contributed by atoms with Crippen molar-refractivity contribution in [3.8, 4) is 5.00 Å². The number of nitrogens with one attached hydrogen (secondary N) is 1. The lowest BCUT2D eigenvalue weighted by molar-refractivity contribution is -0.385. The molecule has 1 aliphatic rings. The molecule has 0 saturated heterocycles. The zero-order valence-corrected chi connectivity index (χ0v) is 20.5. The predicted molar refractivity (Wildman–Crippen MR) is 132 cm³/mol. The molecule has 0 radical (unpaired) electrons. The van der Waals surface area contributed by atoms with Gasteiger partial charge in [-0.15, -0.1) is 11.3 Å². The van der Waals surface area contributed by atoms with Crippen molar-refractivity contribution in [2.24, 2.45) is 5.10 Å². The summed E-state index contributed by atoms with van der Waals surface area (Å²) in [4.78, 5) is 40.4. The molecule has 182 valence electrons. The number of pyridine rings is 1. The van der Waals surface area contributed by atoms with Gasteiger partial charge in [-0.25, -0.2) is 15.2 Å². The molecule has 0 spiro atoms. The maximum atomic E-state index is 12.9.